The Balaban J connectivity index is 1.96. The number of rotatable bonds is 6. The number of nitrogens with one attached hydrogen (secondary N) is 1. The SMILES string of the molecule is CCC1(C(=O)Nc2ccc(OCC(N)=S)cc2)CCCC1. The van der Waals surface area contributed by atoms with E-state index < -0.39 is 0 Å². The van der Waals surface area contributed by atoms with E-state index in [2.05, 4.69) is 12.2 Å². The van der Waals surface area contributed by atoms with Gasteiger partial charge in [0.25, 0.3) is 0 Å². The number of hydrogen-bond acceptors (Lipinski definition) is 3. The molecule has 1 saturated carbocycles. The van der Waals surface area contributed by atoms with E-state index in [1.807, 2.05) is 12.1 Å². The van der Waals surface area contributed by atoms with Gasteiger partial charge in [0.2, 0.25) is 5.91 Å². The minimum atomic E-state index is -0.180. The highest BCUT2D eigenvalue weighted by atomic mass is 32.1. The molecule has 0 spiro atoms. The molecule has 0 bridgehead atoms. The minimum absolute atomic E-state index is 0.138. The lowest BCUT2D eigenvalue weighted by molar-refractivity contribution is -0.125. The molecule has 1 aromatic rings. The van der Waals surface area contributed by atoms with Gasteiger partial charge >= 0.3 is 0 Å². The molecular weight excluding hydrogens is 284 g/mol. The maximum Gasteiger partial charge on any atom is 0.230 e. The Morgan fingerprint density at radius 1 is 1.33 bits per heavy atom. The molecule has 4 nitrogen and oxygen atoms in total. The lowest BCUT2D eigenvalue weighted by atomic mass is 9.82. The largest absolute Gasteiger partial charge is 0.487 e. The topological polar surface area (TPSA) is 64.3 Å². The summed E-state index contributed by atoms with van der Waals surface area (Å²) in [5, 5.41) is 3.02. The lowest BCUT2D eigenvalue weighted by Gasteiger charge is -2.26. The Hall–Kier alpha value is -1.62. The third kappa shape index (κ3) is 3.94. The quantitative estimate of drug-likeness (QED) is 0.792. The van der Waals surface area contributed by atoms with E-state index in [-0.39, 0.29) is 17.9 Å². The van der Waals surface area contributed by atoms with E-state index in [4.69, 9.17) is 22.7 Å². The maximum atomic E-state index is 12.5. The van der Waals surface area contributed by atoms with Gasteiger partial charge in [-0.25, -0.2) is 0 Å². The predicted molar refractivity (Wildman–Crippen MR) is 88.5 cm³/mol. The van der Waals surface area contributed by atoms with Gasteiger partial charge in [-0.05, 0) is 43.5 Å². The summed E-state index contributed by atoms with van der Waals surface area (Å²) in [5.41, 5.74) is 6.00. The van der Waals surface area contributed by atoms with Gasteiger partial charge in [-0.15, -0.1) is 0 Å². The van der Waals surface area contributed by atoms with E-state index >= 15 is 0 Å². The third-order valence-corrected chi connectivity index (χ3v) is 4.33. The zero-order chi connectivity index (χ0) is 15.3. The lowest BCUT2D eigenvalue weighted by Crippen LogP contribution is -2.33. The number of hydrogen-bond donors (Lipinski definition) is 2. The second kappa shape index (κ2) is 6.89. The van der Waals surface area contributed by atoms with E-state index in [0.29, 0.717) is 10.7 Å². The number of nitrogens with two attached hydrogens (primary N) is 1. The zero-order valence-electron chi connectivity index (χ0n) is 12.4. The highest BCUT2D eigenvalue weighted by molar-refractivity contribution is 7.80. The molecule has 1 amide bonds. The Morgan fingerprint density at radius 3 is 2.48 bits per heavy atom. The molecule has 0 heterocycles. The van der Waals surface area contributed by atoms with E-state index in [1.165, 1.54) is 0 Å². The van der Waals surface area contributed by atoms with Crippen LogP contribution < -0.4 is 15.8 Å². The first kappa shape index (κ1) is 15.8. The Labute approximate surface area is 131 Å². The Kier molecular flexibility index (Phi) is 5.17. The van der Waals surface area contributed by atoms with E-state index in [0.717, 1.165) is 37.8 Å². The van der Waals surface area contributed by atoms with Crippen molar-refractivity contribution >= 4 is 28.8 Å². The van der Waals surface area contributed by atoms with Crippen molar-refractivity contribution in [3.8, 4) is 5.75 Å². The molecule has 0 aliphatic heterocycles. The summed E-state index contributed by atoms with van der Waals surface area (Å²) >= 11 is 4.76. The van der Waals surface area contributed by atoms with Gasteiger partial charge in [0.15, 0.2) is 0 Å². The number of benzene rings is 1. The molecule has 1 aromatic carbocycles. The molecule has 0 aromatic heterocycles. The number of carbonyl (C=O) groups excluding carboxylic acids is 1. The van der Waals surface area contributed by atoms with Crippen LogP contribution in [-0.2, 0) is 4.79 Å². The zero-order valence-corrected chi connectivity index (χ0v) is 13.2. The fourth-order valence-corrected chi connectivity index (χ4v) is 2.90. The Morgan fingerprint density at radius 2 is 1.95 bits per heavy atom. The molecule has 1 fully saturated rings. The van der Waals surface area contributed by atoms with Crippen LogP contribution in [0.15, 0.2) is 24.3 Å². The Bertz CT molecular complexity index is 508. The number of anilines is 1. The van der Waals surface area contributed by atoms with Gasteiger partial charge in [0, 0.05) is 11.1 Å². The number of amides is 1. The minimum Gasteiger partial charge on any atom is -0.487 e. The molecule has 2 rings (SSSR count). The highest BCUT2D eigenvalue weighted by Gasteiger charge is 2.39. The molecular formula is C16H22N2O2S. The fraction of sp³-hybridized carbons (Fsp3) is 0.500. The molecule has 1 aliphatic carbocycles. The number of thiocarbonyl (C=S) groups is 1. The van der Waals surface area contributed by atoms with Crippen LogP contribution >= 0.6 is 12.2 Å². The standard InChI is InChI=1S/C16H22N2O2S/c1-2-16(9-3-4-10-16)15(19)18-12-5-7-13(8-6-12)20-11-14(17)21/h5-8H,2-4,9-11H2,1H3,(H2,17,21)(H,18,19). The van der Waals surface area contributed by atoms with Crippen molar-refractivity contribution < 1.29 is 9.53 Å². The normalized spacial score (nSPS) is 16.4. The predicted octanol–water partition coefficient (Wildman–Crippen LogP) is 3.26. The molecule has 1 aliphatic rings. The average molecular weight is 306 g/mol. The van der Waals surface area contributed by atoms with Crippen molar-refractivity contribution in [1.82, 2.24) is 0 Å². The van der Waals surface area contributed by atoms with Crippen LogP contribution in [-0.4, -0.2) is 17.5 Å². The van der Waals surface area contributed by atoms with Crippen LogP contribution in [0, 0.1) is 5.41 Å². The summed E-state index contributed by atoms with van der Waals surface area (Å²) in [4.78, 5) is 12.8. The van der Waals surface area contributed by atoms with Crippen molar-refractivity contribution in [1.29, 1.82) is 0 Å². The molecule has 0 atom stereocenters. The van der Waals surface area contributed by atoms with Gasteiger partial charge in [-0.3, -0.25) is 4.79 Å². The summed E-state index contributed by atoms with van der Waals surface area (Å²) in [6.45, 7) is 2.32. The number of ether oxygens (including phenoxy) is 1. The van der Waals surface area contributed by atoms with Crippen molar-refractivity contribution in [2.24, 2.45) is 11.1 Å². The number of carbonyl (C=O) groups is 1. The van der Waals surface area contributed by atoms with Crippen LogP contribution in [0.25, 0.3) is 0 Å². The van der Waals surface area contributed by atoms with Crippen molar-refractivity contribution in [3.63, 3.8) is 0 Å². The second-order valence-electron chi connectivity index (χ2n) is 5.57. The molecule has 0 radical (unpaired) electrons. The summed E-state index contributed by atoms with van der Waals surface area (Å²) in [6.07, 6.45) is 5.17. The first-order valence-electron chi connectivity index (χ1n) is 7.38. The molecule has 0 unspecified atom stereocenters. The first-order valence-corrected chi connectivity index (χ1v) is 7.79. The first-order chi connectivity index (χ1) is 10.1. The van der Waals surface area contributed by atoms with E-state index in [1.54, 1.807) is 12.1 Å². The van der Waals surface area contributed by atoms with Gasteiger partial charge < -0.3 is 15.8 Å². The van der Waals surface area contributed by atoms with Crippen LogP contribution in [0.2, 0.25) is 0 Å². The molecule has 0 saturated heterocycles. The van der Waals surface area contributed by atoms with Crippen molar-refractivity contribution in [2.75, 3.05) is 11.9 Å². The van der Waals surface area contributed by atoms with Gasteiger partial charge in [-0.1, -0.05) is 32.0 Å². The summed E-state index contributed by atoms with van der Waals surface area (Å²) in [5.74, 6) is 0.825. The smallest absolute Gasteiger partial charge is 0.230 e. The van der Waals surface area contributed by atoms with Crippen molar-refractivity contribution in [3.05, 3.63) is 24.3 Å². The van der Waals surface area contributed by atoms with Crippen molar-refractivity contribution in [2.45, 2.75) is 39.0 Å². The maximum absolute atomic E-state index is 12.5. The monoisotopic (exact) mass is 306 g/mol. The molecule has 21 heavy (non-hydrogen) atoms. The summed E-state index contributed by atoms with van der Waals surface area (Å²) in [6, 6.07) is 7.29. The fourth-order valence-electron chi connectivity index (χ4n) is 2.85. The van der Waals surface area contributed by atoms with Crippen LogP contribution in [0.4, 0.5) is 5.69 Å². The summed E-state index contributed by atoms with van der Waals surface area (Å²) < 4.78 is 5.39. The van der Waals surface area contributed by atoms with Gasteiger partial charge in [0.05, 0.1) is 0 Å². The molecule has 5 heteroatoms. The third-order valence-electron chi connectivity index (χ3n) is 4.21. The second-order valence-corrected chi connectivity index (χ2v) is 6.10. The average Bonchev–Trinajstić information content (AvgIpc) is 2.96. The van der Waals surface area contributed by atoms with Crippen LogP contribution in [0.1, 0.15) is 39.0 Å². The van der Waals surface area contributed by atoms with Crippen LogP contribution in [0.5, 0.6) is 5.75 Å². The van der Waals surface area contributed by atoms with E-state index in [9.17, 15) is 4.79 Å². The van der Waals surface area contributed by atoms with Gasteiger partial charge in [0.1, 0.15) is 17.3 Å². The van der Waals surface area contributed by atoms with Crippen LogP contribution in [0.3, 0.4) is 0 Å². The summed E-state index contributed by atoms with van der Waals surface area (Å²) in [7, 11) is 0. The highest BCUT2D eigenvalue weighted by Crippen LogP contribution is 2.41. The molecule has 114 valence electrons. The van der Waals surface area contributed by atoms with Gasteiger partial charge in [-0.2, -0.15) is 0 Å². The molecule has 3 N–H and O–H groups in total.